The van der Waals surface area contributed by atoms with Crippen molar-refractivity contribution in [3.63, 3.8) is 0 Å². The van der Waals surface area contributed by atoms with Crippen molar-refractivity contribution in [2.24, 2.45) is 17.3 Å². The van der Waals surface area contributed by atoms with Gasteiger partial charge in [-0.05, 0) is 62.3 Å². The molecule has 0 saturated heterocycles. The molecule has 6 nitrogen and oxygen atoms in total. The number of carbonyl (C=O) groups is 3. The lowest BCUT2D eigenvalue weighted by molar-refractivity contribution is -0.174. The van der Waals surface area contributed by atoms with Gasteiger partial charge < -0.3 is 15.0 Å². The van der Waals surface area contributed by atoms with Crippen LogP contribution in [0, 0.1) is 17.3 Å². The van der Waals surface area contributed by atoms with Crippen molar-refractivity contribution in [1.82, 2.24) is 10.3 Å². The first-order valence-electron chi connectivity index (χ1n) is 11.4. The third-order valence-electron chi connectivity index (χ3n) is 7.75. The van der Waals surface area contributed by atoms with Crippen molar-refractivity contribution in [2.45, 2.75) is 64.3 Å². The van der Waals surface area contributed by atoms with E-state index < -0.39 is 5.41 Å². The van der Waals surface area contributed by atoms with Crippen LogP contribution in [0.25, 0.3) is 10.9 Å². The van der Waals surface area contributed by atoms with E-state index in [0.29, 0.717) is 23.8 Å². The van der Waals surface area contributed by atoms with Gasteiger partial charge in [0.2, 0.25) is 11.7 Å². The predicted octanol–water partition coefficient (Wildman–Crippen LogP) is 3.93. The lowest BCUT2D eigenvalue weighted by Gasteiger charge is -2.60. The summed E-state index contributed by atoms with van der Waals surface area (Å²) in [5.41, 5.74) is 1.84. The highest BCUT2D eigenvalue weighted by molar-refractivity contribution is 6.09. The molecule has 6 heteroatoms. The van der Waals surface area contributed by atoms with Crippen molar-refractivity contribution < 1.29 is 19.1 Å². The molecule has 1 aromatic carbocycles. The zero-order valence-electron chi connectivity index (χ0n) is 18.3. The van der Waals surface area contributed by atoms with Gasteiger partial charge >= 0.3 is 5.97 Å². The Hall–Kier alpha value is -2.63. The quantitative estimate of drug-likeness (QED) is 0.545. The van der Waals surface area contributed by atoms with E-state index in [1.165, 1.54) is 0 Å². The number of ether oxygens (including phenoxy) is 1. The number of H-pyrrole nitrogens is 1. The maximum atomic E-state index is 13.3. The molecule has 164 valence electrons. The Morgan fingerprint density at radius 3 is 2.58 bits per heavy atom. The maximum absolute atomic E-state index is 13.3. The average Bonchev–Trinajstić information content (AvgIpc) is 3.14. The second kappa shape index (κ2) is 7.21. The summed E-state index contributed by atoms with van der Waals surface area (Å²) in [7, 11) is 0. The van der Waals surface area contributed by atoms with Crippen LogP contribution in [0.2, 0.25) is 0 Å². The van der Waals surface area contributed by atoms with E-state index in [1.54, 1.807) is 13.1 Å². The summed E-state index contributed by atoms with van der Waals surface area (Å²) < 4.78 is 5.65. The van der Waals surface area contributed by atoms with Gasteiger partial charge in [0.05, 0.1) is 5.41 Å². The molecular weight excluding hydrogens is 392 g/mol. The number of amides is 1. The Kier molecular flexibility index (Phi) is 4.72. The van der Waals surface area contributed by atoms with E-state index >= 15 is 0 Å². The zero-order valence-corrected chi connectivity index (χ0v) is 18.3. The van der Waals surface area contributed by atoms with E-state index in [0.717, 1.165) is 55.0 Å². The molecule has 4 bridgehead atoms. The highest BCUT2D eigenvalue weighted by atomic mass is 16.5. The molecular formula is C25H30N2O4. The summed E-state index contributed by atoms with van der Waals surface area (Å²) in [5, 5.41) is 4.04. The van der Waals surface area contributed by atoms with Crippen molar-refractivity contribution in [3.8, 4) is 0 Å². The molecule has 0 radical (unpaired) electrons. The number of rotatable bonds is 6. The largest absolute Gasteiger partial charge is 0.457 e. The minimum atomic E-state index is -0.567. The van der Waals surface area contributed by atoms with Crippen LogP contribution >= 0.6 is 0 Å². The lowest BCUT2D eigenvalue weighted by atomic mass is 9.47. The number of hydrogen-bond donors (Lipinski definition) is 2. The van der Waals surface area contributed by atoms with E-state index in [4.69, 9.17) is 4.74 Å². The number of para-hydroxylation sites is 1. The summed E-state index contributed by atoms with van der Waals surface area (Å²) in [6.07, 6.45) is 7.88. The topological polar surface area (TPSA) is 88.3 Å². The lowest BCUT2D eigenvalue weighted by Crippen LogP contribution is -2.64. The number of hydrogen-bond acceptors (Lipinski definition) is 4. The van der Waals surface area contributed by atoms with Gasteiger partial charge in [-0.15, -0.1) is 0 Å². The normalized spacial score (nSPS) is 31.0. The first kappa shape index (κ1) is 20.3. The summed E-state index contributed by atoms with van der Waals surface area (Å²) in [4.78, 5) is 41.2. The summed E-state index contributed by atoms with van der Waals surface area (Å²) in [5.74, 6) is 0.397. The van der Waals surface area contributed by atoms with Gasteiger partial charge in [0.25, 0.3) is 0 Å². The molecule has 2 atom stereocenters. The van der Waals surface area contributed by atoms with Crippen molar-refractivity contribution >= 4 is 28.6 Å². The SMILES string of the molecule is CCc1cccc2c(C(=O)COC(=O)C34CC5CC(CC(NC(C)=O)(C5)C3)C4)c[nH]c12. The minimum absolute atomic E-state index is 0.0357. The Bertz CT molecular complexity index is 1050. The van der Waals surface area contributed by atoms with Gasteiger partial charge in [-0.1, -0.05) is 25.1 Å². The Morgan fingerprint density at radius 1 is 1.16 bits per heavy atom. The fourth-order valence-corrected chi connectivity index (χ4v) is 7.13. The highest BCUT2D eigenvalue weighted by Gasteiger charge is 2.61. The third-order valence-corrected chi connectivity index (χ3v) is 7.75. The van der Waals surface area contributed by atoms with E-state index in [2.05, 4.69) is 17.2 Å². The summed E-state index contributed by atoms with van der Waals surface area (Å²) >= 11 is 0. The molecule has 2 N–H and O–H groups in total. The number of ketones is 1. The standard InChI is InChI=1S/C25H30N2O4/c1-3-18-5-4-6-19-20(12-26-22(18)19)21(29)13-31-23(30)24-8-16-7-17(9-24)11-25(10-16,14-24)27-15(2)28/h4-6,12,16-17,26H,3,7-11,13-14H2,1-2H3,(H,27,28). The molecule has 4 aliphatic carbocycles. The number of aryl methyl sites for hydroxylation is 1. The molecule has 2 aromatic rings. The number of Topliss-reactive ketones (excluding diaryl/α,β-unsaturated/α-hetero) is 1. The smallest absolute Gasteiger partial charge is 0.312 e. The molecule has 1 amide bonds. The fraction of sp³-hybridized carbons (Fsp3) is 0.560. The molecule has 1 heterocycles. The first-order chi connectivity index (χ1) is 14.8. The zero-order chi connectivity index (χ0) is 21.8. The van der Waals surface area contributed by atoms with Gasteiger partial charge in [-0.25, -0.2) is 0 Å². The van der Waals surface area contributed by atoms with Crippen molar-refractivity contribution in [3.05, 3.63) is 35.5 Å². The van der Waals surface area contributed by atoms with Crippen molar-refractivity contribution in [2.75, 3.05) is 6.61 Å². The van der Waals surface area contributed by atoms with Crippen LogP contribution in [-0.2, 0) is 20.7 Å². The minimum Gasteiger partial charge on any atom is -0.457 e. The van der Waals surface area contributed by atoms with Crippen LogP contribution in [0.5, 0.6) is 0 Å². The number of nitrogens with one attached hydrogen (secondary N) is 2. The fourth-order valence-electron chi connectivity index (χ4n) is 7.13. The van der Waals surface area contributed by atoms with Crippen LogP contribution < -0.4 is 5.32 Å². The summed E-state index contributed by atoms with van der Waals surface area (Å²) in [6.45, 7) is 3.39. The summed E-state index contributed by atoms with van der Waals surface area (Å²) in [6, 6.07) is 5.93. The Labute approximate surface area is 182 Å². The third kappa shape index (κ3) is 3.36. The molecule has 1 aromatic heterocycles. The monoisotopic (exact) mass is 422 g/mol. The number of fused-ring (bicyclic) bond motifs is 1. The Morgan fingerprint density at radius 2 is 1.90 bits per heavy atom. The average molecular weight is 423 g/mol. The second-order valence-corrected chi connectivity index (χ2v) is 10.1. The van der Waals surface area contributed by atoms with Crippen LogP contribution in [0.4, 0.5) is 0 Å². The van der Waals surface area contributed by atoms with Gasteiger partial charge in [0.1, 0.15) is 0 Å². The van der Waals surface area contributed by atoms with Gasteiger partial charge in [-0.2, -0.15) is 0 Å². The number of aromatic nitrogens is 1. The molecule has 4 fully saturated rings. The molecule has 0 aliphatic heterocycles. The second-order valence-electron chi connectivity index (χ2n) is 10.1. The first-order valence-corrected chi connectivity index (χ1v) is 11.4. The Balaban J connectivity index is 1.32. The number of benzene rings is 1. The van der Waals surface area contributed by atoms with Crippen LogP contribution in [0.1, 0.15) is 68.3 Å². The predicted molar refractivity (Wildman–Crippen MR) is 117 cm³/mol. The van der Waals surface area contributed by atoms with Crippen molar-refractivity contribution in [1.29, 1.82) is 0 Å². The molecule has 0 spiro atoms. The molecule has 6 rings (SSSR count). The molecule has 4 saturated carbocycles. The van der Waals surface area contributed by atoms with Gasteiger partial charge in [0, 0.05) is 35.1 Å². The van der Waals surface area contributed by atoms with Gasteiger partial charge in [-0.3, -0.25) is 14.4 Å². The van der Waals surface area contributed by atoms with E-state index in [1.807, 2.05) is 18.2 Å². The molecule has 31 heavy (non-hydrogen) atoms. The highest BCUT2D eigenvalue weighted by Crippen LogP contribution is 2.62. The van der Waals surface area contributed by atoms with Crippen LogP contribution in [0.3, 0.4) is 0 Å². The van der Waals surface area contributed by atoms with E-state index in [-0.39, 0.29) is 29.8 Å². The number of esters is 1. The molecule has 2 unspecified atom stereocenters. The van der Waals surface area contributed by atoms with Crippen LogP contribution in [-0.4, -0.2) is 34.8 Å². The van der Waals surface area contributed by atoms with Crippen LogP contribution in [0.15, 0.2) is 24.4 Å². The van der Waals surface area contributed by atoms with Gasteiger partial charge in [0.15, 0.2) is 6.61 Å². The van der Waals surface area contributed by atoms with E-state index in [9.17, 15) is 14.4 Å². The molecule has 4 aliphatic rings. The number of aromatic amines is 1. The number of carbonyl (C=O) groups excluding carboxylic acids is 3. The maximum Gasteiger partial charge on any atom is 0.312 e.